The smallest absolute Gasteiger partial charge is 0.273 e. The summed E-state index contributed by atoms with van der Waals surface area (Å²) < 4.78 is 6.36. The van der Waals surface area contributed by atoms with Crippen LogP contribution in [0.1, 0.15) is 18.5 Å². The van der Waals surface area contributed by atoms with Gasteiger partial charge in [0.15, 0.2) is 0 Å². The van der Waals surface area contributed by atoms with Crippen molar-refractivity contribution in [3.63, 3.8) is 0 Å². The Morgan fingerprint density at radius 1 is 1.24 bits per heavy atom. The molecule has 0 radical (unpaired) electrons. The van der Waals surface area contributed by atoms with Gasteiger partial charge in [0.05, 0.1) is 15.5 Å². The third-order valence-corrected chi connectivity index (χ3v) is 3.82. The Labute approximate surface area is 131 Å². The van der Waals surface area contributed by atoms with Gasteiger partial charge in [-0.05, 0) is 53.7 Å². The van der Waals surface area contributed by atoms with Gasteiger partial charge in [-0.15, -0.1) is 0 Å². The van der Waals surface area contributed by atoms with Gasteiger partial charge in [-0.1, -0.05) is 12.1 Å². The molecule has 110 valence electrons. The fourth-order valence-corrected chi connectivity index (χ4v) is 2.13. The van der Waals surface area contributed by atoms with Crippen molar-refractivity contribution < 1.29 is 9.66 Å². The Bertz CT molecular complexity index is 644. The topological polar surface area (TPSA) is 64.4 Å². The summed E-state index contributed by atoms with van der Waals surface area (Å²) >= 11 is 3.33. The van der Waals surface area contributed by atoms with E-state index in [9.17, 15) is 10.1 Å². The highest BCUT2D eigenvalue weighted by molar-refractivity contribution is 9.10. The third kappa shape index (κ3) is 3.80. The molecule has 0 aliphatic rings. The summed E-state index contributed by atoms with van der Waals surface area (Å²) in [5, 5.41) is 14.0. The number of hydrogen-bond acceptors (Lipinski definition) is 4. The summed E-state index contributed by atoms with van der Waals surface area (Å²) in [6, 6.07) is 12.3. The number of nitrogens with zero attached hydrogens (tertiary/aromatic N) is 1. The van der Waals surface area contributed by atoms with Crippen LogP contribution in [-0.4, -0.2) is 12.0 Å². The highest BCUT2D eigenvalue weighted by Crippen LogP contribution is 2.33. The van der Waals surface area contributed by atoms with Gasteiger partial charge in [-0.25, -0.2) is 0 Å². The number of benzene rings is 2. The van der Waals surface area contributed by atoms with E-state index in [0.29, 0.717) is 16.0 Å². The maximum Gasteiger partial charge on any atom is 0.273 e. The lowest BCUT2D eigenvalue weighted by atomic mass is 10.1. The summed E-state index contributed by atoms with van der Waals surface area (Å²) in [5.41, 5.74) is 1.14. The molecular formula is C15H15BrN2O3. The Morgan fingerprint density at radius 3 is 2.48 bits per heavy atom. The average Bonchev–Trinajstić information content (AvgIpc) is 2.49. The molecule has 2 rings (SSSR count). The second kappa shape index (κ2) is 6.69. The van der Waals surface area contributed by atoms with E-state index in [1.807, 2.05) is 31.3 Å². The van der Waals surface area contributed by atoms with E-state index in [0.717, 1.165) is 5.56 Å². The Morgan fingerprint density at radius 2 is 1.90 bits per heavy atom. The summed E-state index contributed by atoms with van der Waals surface area (Å²) in [7, 11) is 1.90. The van der Waals surface area contributed by atoms with Crippen LogP contribution < -0.4 is 10.1 Å². The Hall–Kier alpha value is -1.92. The van der Waals surface area contributed by atoms with Gasteiger partial charge < -0.3 is 10.1 Å². The number of nitro groups is 1. The lowest BCUT2D eigenvalue weighted by Gasteiger charge is -2.12. The number of rotatable bonds is 5. The van der Waals surface area contributed by atoms with E-state index in [1.165, 1.54) is 12.1 Å². The predicted molar refractivity (Wildman–Crippen MR) is 84.8 cm³/mol. The summed E-state index contributed by atoms with van der Waals surface area (Å²) in [6.07, 6.45) is 0. The van der Waals surface area contributed by atoms with Crippen molar-refractivity contribution >= 4 is 21.6 Å². The first-order valence-electron chi connectivity index (χ1n) is 6.40. The van der Waals surface area contributed by atoms with Crippen LogP contribution in [-0.2, 0) is 0 Å². The standard InChI is InChI=1S/C15H15BrN2O3/c1-10(17-2)11-3-6-13(7-4-11)21-15-9-12(18(19)20)5-8-14(15)16/h3-10,17H,1-2H3. The van der Waals surface area contributed by atoms with E-state index >= 15 is 0 Å². The minimum Gasteiger partial charge on any atom is -0.456 e. The largest absolute Gasteiger partial charge is 0.456 e. The first kappa shape index (κ1) is 15.5. The Kier molecular flexibility index (Phi) is 4.93. The summed E-state index contributed by atoms with van der Waals surface area (Å²) in [4.78, 5) is 10.3. The van der Waals surface area contributed by atoms with Crippen LogP contribution in [0.15, 0.2) is 46.9 Å². The number of ether oxygens (including phenoxy) is 1. The van der Waals surface area contributed by atoms with Crippen LogP contribution in [0.3, 0.4) is 0 Å². The van der Waals surface area contributed by atoms with Crippen LogP contribution in [0.25, 0.3) is 0 Å². The number of nitrogens with one attached hydrogen (secondary N) is 1. The zero-order valence-corrected chi connectivity index (χ0v) is 13.3. The quantitative estimate of drug-likeness (QED) is 0.639. The molecule has 5 nitrogen and oxygen atoms in total. The van der Waals surface area contributed by atoms with Gasteiger partial charge in [0.2, 0.25) is 0 Å². The van der Waals surface area contributed by atoms with Crippen LogP contribution in [0, 0.1) is 10.1 Å². The van der Waals surface area contributed by atoms with Gasteiger partial charge in [-0.3, -0.25) is 10.1 Å². The molecule has 0 heterocycles. The average molecular weight is 351 g/mol. The molecule has 0 saturated heterocycles. The van der Waals surface area contributed by atoms with E-state index in [-0.39, 0.29) is 11.7 Å². The molecule has 2 aromatic rings. The van der Waals surface area contributed by atoms with Gasteiger partial charge in [-0.2, -0.15) is 0 Å². The normalized spacial score (nSPS) is 12.0. The van der Waals surface area contributed by atoms with Crippen molar-refractivity contribution in [2.45, 2.75) is 13.0 Å². The van der Waals surface area contributed by atoms with Crippen LogP contribution in [0.4, 0.5) is 5.69 Å². The molecule has 6 heteroatoms. The highest BCUT2D eigenvalue weighted by Gasteiger charge is 2.11. The second-order valence-corrected chi connectivity index (χ2v) is 5.41. The van der Waals surface area contributed by atoms with Crippen molar-refractivity contribution in [3.8, 4) is 11.5 Å². The maximum absolute atomic E-state index is 10.8. The number of halogens is 1. The zero-order chi connectivity index (χ0) is 15.4. The predicted octanol–water partition coefficient (Wildman–Crippen LogP) is 4.43. The van der Waals surface area contributed by atoms with Crippen molar-refractivity contribution in [2.75, 3.05) is 7.05 Å². The first-order valence-corrected chi connectivity index (χ1v) is 7.19. The zero-order valence-electron chi connectivity index (χ0n) is 11.7. The van der Waals surface area contributed by atoms with Gasteiger partial charge in [0, 0.05) is 12.1 Å². The maximum atomic E-state index is 10.8. The molecule has 0 fully saturated rings. The van der Waals surface area contributed by atoms with Crippen LogP contribution >= 0.6 is 15.9 Å². The molecule has 0 aliphatic heterocycles. The first-order chi connectivity index (χ1) is 10.0. The highest BCUT2D eigenvalue weighted by atomic mass is 79.9. The van der Waals surface area contributed by atoms with Crippen LogP contribution in [0.2, 0.25) is 0 Å². The van der Waals surface area contributed by atoms with Crippen molar-refractivity contribution in [2.24, 2.45) is 0 Å². The van der Waals surface area contributed by atoms with E-state index in [1.54, 1.807) is 6.07 Å². The van der Waals surface area contributed by atoms with Crippen molar-refractivity contribution in [3.05, 3.63) is 62.6 Å². The summed E-state index contributed by atoms with van der Waals surface area (Å²) in [6.45, 7) is 2.06. The lowest BCUT2D eigenvalue weighted by Crippen LogP contribution is -2.11. The Balaban J connectivity index is 2.22. The molecule has 1 unspecified atom stereocenters. The number of nitro benzene ring substituents is 1. The number of non-ortho nitro benzene ring substituents is 1. The van der Waals surface area contributed by atoms with Gasteiger partial charge in [0.1, 0.15) is 11.5 Å². The molecule has 0 saturated carbocycles. The number of hydrogen-bond donors (Lipinski definition) is 1. The monoisotopic (exact) mass is 350 g/mol. The molecule has 0 aromatic heterocycles. The lowest BCUT2D eigenvalue weighted by molar-refractivity contribution is -0.384. The summed E-state index contributed by atoms with van der Waals surface area (Å²) in [5.74, 6) is 1.04. The molecule has 0 spiro atoms. The molecule has 1 N–H and O–H groups in total. The SMILES string of the molecule is CNC(C)c1ccc(Oc2cc([N+](=O)[O-])ccc2Br)cc1. The minimum atomic E-state index is -0.447. The molecule has 0 amide bonds. The minimum absolute atomic E-state index is 0.00590. The van der Waals surface area contributed by atoms with E-state index in [2.05, 4.69) is 28.2 Å². The van der Waals surface area contributed by atoms with Crippen molar-refractivity contribution in [1.82, 2.24) is 5.32 Å². The van der Waals surface area contributed by atoms with E-state index < -0.39 is 4.92 Å². The van der Waals surface area contributed by atoms with Gasteiger partial charge >= 0.3 is 0 Å². The van der Waals surface area contributed by atoms with Crippen molar-refractivity contribution in [1.29, 1.82) is 0 Å². The van der Waals surface area contributed by atoms with Crippen LogP contribution in [0.5, 0.6) is 11.5 Å². The molecule has 21 heavy (non-hydrogen) atoms. The van der Waals surface area contributed by atoms with Gasteiger partial charge in [0.25, 0.3) is 5.69 Å². The molecular weight excluding hydrogens is 336 g/mol. The fourth-order valence-electron chi connectivity index (χ4n) is 1.80. The molecule has 1 atom stereocenters. The molecule has 0 aliphatic carbocycles. The molecule has 0 bridgehead atoms. The molecule has 2 aromatic carbocycles. The van der Waals surface area contributed by atoms with E-state index in [4.69, 9.17) is 4.74 Å². The second-order valence-electron chi connectivity index (χ2n) is 4.55. The fraction of sp³-hybridized carbons (Fsp3) is 0.200. The third-order valence-electron chi connectivity index (χ3n) is 3.17.